The summed E-state index contributed by atoms with van der Waals surface area (Å²) in [6.45, 7) is 3.81. The molecule has 0 aromatic heterocycles. The quantitative estimate of drug-likeness (QED) is 0.616. The first-order valence-corrected chi connectivity index (χ1v) is 6.47. The highest BCUT2D eigenvalue weighted by Crippen LogP contribution is 2.43. The van der Waals surface area contributed by atoms with Crippen LogP contribution < -0.4 is 0 Å². The standard InChI is InChI=1S/C14H20O5/c1-8(2)19-14-12-9(6-15)4-5-10(12)11(7-18-14)13(16)17-3/h4,7-8,10,12,14-15H,5-6H2,1-3H3. The van der Waals surface area contributed by atoms with Crippen LogP contribution in [0.2, 0.25) is 0 Å². The predicted molar refractivity (Wildman–Crippen MR) is 68.0 cm³/mol. The first-order valence-electron chi connectivity index (χ1n) is 6.47. The van der Waals surface area contributed by atoms with Gasteiger partial charge in [-0.3, -0.25) is 0 Å². The van der Waals surface area contributed by atoms with Crippen molar-refractivity contribution >= 4 is 5.97 Å². The van der Waals surface area contributed by atoms with E-state index in [1.165, 1.54) is 13.4 Å². The highest BCUT2D eigenvalue weighted by atomic mass is 16.7. The van der Waals surface area contributed by atoms with Crippen molar-refractivity contribution in [2.45, 2.75) is 32.7 Å². The lowest BCUT2D eigenvalue weighted by Gasteiger charge is -2.35. The molecule has 5 nitrogen and oxygen atoms in total. The number of carbonyl (C=O) groups excluding carboxylic acids is 1. The minimum absolute atomic E-state index is 0.0132. The predicted octanol–water partition coefficient (Wildman–Crippen LogP) is 1.38. The van der Waals surface area contributed by atoms with E-state index < -0.39 is 6.29 Å². The Morgan fingerprint density at radius 3 is 2.89 bits per heavy atom. The van der Waals surface area contributed by atoms with Crippen LogP contribution in [0.4, 0.5) is 0 Å². The van der Waals surface area contributed by atoms with E-state index in [1.54, 1.807) is 0 Å². The molecule has 0 spiro atoms. The Morgan fingerprint density at radius 1 is 1.58 bits per heavy atom. The van der Waals surface area contributed by atoms with Crippen LogP contribution in [0.1, 0.15) is 20.3 Å². The normalized spacial score (nSPS) is 29.4. The summed E-state index contributed by atoms with van der Waals surface area (Å²) in [5, 5.41) is 9.42. The summed E-state index contributed by atoms with van der Waals surface area (Å²) < 4.78 is 16.0. The molecule has 0 saturated carbocycles. The average molecular weight is 268 g/mol. The first kappa shape index (κ1) is 14.1. The van der Waals surface area contributed by atoms with Crippen molar-refractivity contribution in [2.24, 2.45) is 11.8 Å². The van der Waals surface area contributed by atoms with Gasteiger partial charge >= 0.3 is 5.97 Å². The number of methoxy groups -OCH3 is 1. The highest BCUT2D eigenvalue weighted by Gasteiger charge is 2.44. The number of aliphatic hydroxyl groups is 1. The van der Waals surface area contributed by atoms with Crippen LogP contribution in [-0.2, 0) is 19.0 Å². The molecule has 0 aromatic rings. The van der Waals surface area contributed by atoms with Crippen molar-refractivity contribution in [1.29, 1.82) is 0 Å². The van der Waals surface area contributed by atoms with Crippen LogP contribution in [-0.4, -0.2) is 37.2 Å². The van der Waals surface area contributed by atoms with E-state index in [0.29, 0.717) is 12.0 Å². The van der Waals surface area contributed by atoms with Gasteiger partial charge in [0.1, 0.15) is 0 Å². The van der Waals surface area contributed by atoms with Crippen molar-refractivity contribution in [2.75, 3.05) is 13.7 Å². The molecule has 1 N–H and O–H groups in total. The van der Waals surface area contributed by atoms with Gasteiger partial charge in [0.25, 0.3) is 0 Å². The van der Waals surface area contributed by atoms with Gasteiger partial charge in [-0.25, -0.2) is 4.79 Å². The fourth-order valence-corrected chi connectivity index (χ4v) is 2.69. The molecule has 3 atom stereocenters. The Hall–Kier alpha value is -1.33. The SMILES string of the molecule is COC(=O)C1=COC(OC(C)C)C2C(CO)=CCC12. The minimum Gasteiger partial charge on any atom is -0.471 e. The third kappa shape index (κ3) is 2.67. The van der Waals surface area contributed by atoms with E-state index in [-0.39, 0.29) is 30.5 Å². The van der Waals surface area contributed by atoms with Crippen LogP contribution in [0.15, 0.2) is 23.5 Å². The minimum atomic E-state index is -0.459. The molecule has 1 aliphatic carbocycles. The van der Waals surface area contributed by atoms with Gasteiger partial charge in [-0.1, -0.05) is 6.08 Å². The second-order valence-corrected chi connectivity index (χ2v) is 5.06. The lowest BCUT2D eigenvalue weighted by Crippen LogP contribution is -2.38. The zero-order valence-electron chi connectivity index (χ0n) is 11.5. The van der Waals surface area contributed by atoms with Gasteiger partial charge in [0.15, 0.2) is 0 Å². The second-order valence-electron chi connectivity index (χ2n) is 5.06. The topological polar surface area (TPSA) is 65.0 Å². The van der Waals surface area contributed by atoms with Crippen molar-refractivity contribution in [3.8, 4) is 0 Å². The van der Waals surface area contributed by atoms with Crippen LogP contribution in [0, 0.1) is 11.8 Å². The summed E-state index contributed by atoms with van der Waals surface area (Å²) in [6.07, 6.45) is 3.65. The number of carbonyl (C=O) groups is 1. The molecule has 19 heavy (non-hydrogen) atoms. The van der Waals surface area contributed by atoms with Crippen LogP contribution in [0.5, 0.6) is 0 Å². The Bertz CT molecular complexity index is 410. The second kappa shape index (κ2) is 5.75. The third-order valence-corrected chi connectivity index (χ3v) is 3.53. The van der Waals surface area contributed by atoms with Gasteiger partial charge in [0.05, 0.1) is 37.6 Å². The number of ether oxygens (including phenoxy) is 3. The zero-order valence-corrected chi connectivity index (χ0v) is 11.5. The molecule has 1 aliphatic heterocycles. The Kier molecular flexibility index (Phi) is 4.27. The maximum absolute atomic E-state index is 11.7. The molecule has 2 rings (SSSR count). The first-order chi connectivity index (χ1) is 9.08. The van der Waals surface area contributed by atoms with Crippen molar-refractivity contribution in [3.05, 3.63) is 23.5 Å². The maximum atomic E-state index is 11.7. The molecule has 3 unspecified atom stereocenters. The van der Waals surface area contributed by atoms with Gasteiger partial charge in [-0.2, -0.15) is 0 Å². The molecule has 0 fully saturated rings. The summed E-state index contributed by atoms with van der Waals surface area (Å²) in [4.78, 5) is 11.7. The van der Waals surface area contributed by atoms with Gasteiger partial charge in [-0.05, 0) is 25.8 Å². The number of esters is 1. The van der Waals surface area contributed by atoms with E-state index in [4.69, 9.17) is 14.2 Å². The van der Waals surface area contributed by atoms with E-state index >= 15 is 0 Å². The average Bonchev–Trinajstić information content (AvgIpc) is 2.82. The molecular formula is C14H20O5. The monoisotopic (exact) mass is 268 g/mol. The molecule has 1 heterocycles. The fraction of sp³-hybridized carbons (Fsp3) is 0.643. The number of hydrogen-bond donors (Lipinski definition) is 1. The number of fused-ring (bicyclic) bond motifs is 1. The van der Waals surface area contributed by atoms with E-state index in [9.17, 15) is 9.90 Å². The Morgan fingerprint density at radius 2 is 2.32 bits per heavy atom. The summed E-state index contributed by atoms with van der Waals surface area (Å²) in [7, 11) is 1.35. The molecule has 0 radical (unpaired) electrons. The fourth-order valence-electron chi connectivity index (χ4n) is 2.69. The zero-order chi connectivity index (χ0) is 14.0. The molecule has 0 aromatic carbocycles. The largest absolute Gasteiger partial charge is 0.471 e. The van der Waals surface area contributed by atoms with E-state index in [2.05, 4.69) is 0 Å². The van der Waals surface area contributed by atoms with Gasteiger partial charge in [0.2, 0.25) is 6.29 Å². The molecule has 2 aliphatic rings. The van der Waals surface area contributed by atoms with Gasteiger partial charge in [-0.15, -0.1) is 0 Å². The van der Waals surface area contributed by atoms with Crippen molar-refractivity contribution in [3.63, 3.8) is 0 Å². The number of aliphatic hydroxyl groups excluding tert-OH is 1. The van der Waals surface area contributed by atoms with Gasteiger partial charge < -0.3 is 19.3 Å². The molecule has 5 heteroatoms. The highest BCUT2D eigenvalue weighted by molar-refractivity contribution is 5.89. The van der Waals surface area contributed by atoms with Gasteiger partial charge in [0, 0.05) is 5.92 Å². The molecule has 0 bridgehead atoms. The molecular weight excluding hydrogens is 248 g/mol. The molecule has 0 saturated heterocycles. The number of allylic oxidation sites excluding steroid dienone is 1. The lowest BCUT2D eigenvalue weighted by atomic mass is 9.83. The summed E-state index contributed by atoms with van der Waals surface area (Å²) in [5.41, 5.74) is 1.38. The van der Waals surface area contributed by atoms with Crippen molar-refractivity contribution in [1.82, 2.24) is 0 Å². The lowest BCUT2D eigenvalue weighted by molar-refractivity contribution is -0.172. The molecule has 0 amide bonds. The third-order valence-electron chi connectivity index (χ3n) is 3.53. The summed E-state index contributed by atoms with van der Waals surface area (Å²) >= 11 is 0. The van der Waals surface area contributed by atoms with Crippen LogP contribution in [0.25, 0.3) is 0 Å². The summed E-state index contributed by atoms with van der Waals surface area (Å²) in [5.74, 6) is -0.538. The van der Waals surface area contributed by atoms with E-state index in [0.717, 1.165) is 5.57 Å². The smallest absolute Gasteiger partial charge is 0.337 e. The maximum Gasteiger partial charge on any atom is 0.337 e. The van der Waals surface area contributed by atoms with Crippen molar-refractivity contribution < 1.29 is 24.1 Å². The van der Waals surface area contributed by atoms with E-state index in [1.807, 2.05) is 19.9 Å². The molecule has 106 valence electrons. The van der Waals surface area contributed by atoms with Crippen LogP contribution in [0.3, 0.4) is 0 Å². The Labute approximate surface area is 112 Å². The number of rotatable bonds is 4. The Balaban J connectivity index is 2.25. The van der Waals surface area contributed by atoms with Crippen LogP contribution >= 0.6 is 0 Å². The summed E-state index contributed by atoms with van der Waals surface area (Å²) in [6, 6.07) is 0. The number of hydrogen-bond acceptors (Lipinski definition) is 5.